The van der Waals surface area contributed by atoms with Gasteiger partial charge < -0.3 is 19.7 Å². The molecule has 1 N–H and O–H groups in total. The van der Waals surface area contributed by atoms with E-state index in [0.29, 0.717) is 12.4 Å². The fraction of sp³-hybridized carbons (Fsp3) is 0.269. The predicted molar refractivity (Wildman–Crippen MR) is 131 cm³/mol. The van der Waals surface area contributed by atoms with Crippen molar-refractivity contribution in [2.24, 2.45) is 7.05 Å². The van der Waals surface area contributed by atoms with Crippen molar-refractivity contribution in [2.75, 3.05) is 23.8 Å². The summed E-state index contributed by atoms with van der Waals surface area (Å²) in [6, 6.07) is 17.8. The molecule has 0 saturated heterocycles. The van der Waals surface area contributed by atoms with E-state index in [1.54, 1.807) is 4.68 Å². The first-order valence-electron chi connectivity index (χ1n) is 11.5. The first-order valence-corrected chi connectivity index (χ1v) is 11.5. The third kappa shape index (κ3) is 2.95. The molecule has 2 aromatic heterocycles. The topological polar surface area (TPSA) is 75.4 Å². The summed E-state index contributed by atoms with van der Waals surface area (Å²) in [6.07, 6.45) is 0.478. The third-order valence-electron chi connectivity index (χ3n) is 7.09. The average molecular weight is 455 g/mol. The number of anilines is 2. The molecule has 1 atom stereocenters. The molecule has 34 heavy (non-hydrogen) atoms. The van der Waals surface area contributed by atoms with Crippen molar-refractivity contribution in [3.8, 4) is 0 Å². The summed E-state index contributed by atoms with van der Waals surface area (Å²) >= 11 is 0. The minimum Gasteiger partial charge on any atom is -0.349 e. The summed E-state index contributed by atoms with van der Waals surface area (Å²) in [5, 5.41) is 8.43. The van der Waals surface area contributed by atoms with E-state index in [1.807, 2.05) is 68.4 Å². The van der Waals surface area contributed by atoms with Crippen molar-refractivity contribution in [2.45, 2.75) is 26.1 Å². The molecule has 8 heteroatoms. The highest BCUT2D eigenvalue weighted by Crippen LogP contribution is 2.44. The first-order chi connectivity index (χ1) is 16.4. The summed E-state index contributed by atoms with van der Waals surface area (Å²) in [5.41, 5.74) is 5.81. The van der Waals surface area contributed by atoms with Gasteiger partial charge in [-0.1, -0.05) is 30.3 Å². The maximum atomic E-state index is 13.4. The van der Waals surface area contributed by atoms with E-state index >= 15 is 0 Å². The van der Waals surface area contributed by atoms with Crippen molar-refractivity contribution in [1.82, 2.24) is 19.2 Å². The fourth-order valence-electron chi connectivity index (χ4n) is 5.43. The van der Waals surface area contributed by atoms with Crippen LogP contribution in [0, 0.1) is 6.92 Å². The lowest BCUT2D eigenvalue weighted by Gasteiger charge is -2.46. The largest absolute Gasteiger partial charge is 0.349 e. The molecule has 172 valence electrons. The Morgan fingerprint density at radius 1 is 1.12 bits per heavy atom. The average Bonchev–Trinajstić information content (AvgIpc) is 3.33. The molecular weight excluding hydrogens is 428 g/mol. The van der Waals surface area contributed by atoms with Gasteiger partial charge in [0.25, 0.3) is 5.91 Å². The molecule has 0 bridgehead atoms. The summed E-state index contributed by atoms with van der Waals surface area (Å²) in [7, 11) is 3.87. The van der Waals surface area contributed by atoms with E-state index in [-0.39, 0.29) is 24.5 Å². The van der Waals surface area contributed by atoms with E-state index in [1.165, 1.54) is 5.56 Å². The number of rotatable bonds is 3. The number of nitrogens with one attached hydrogen (secondary N) is 1. The van der Waals surface area contributed by atoms with E-state index in [0.717, 1.165) is 40.0 Å². The highest BCUT2D eigenvalue weighted by molar-refractivity contribution is 6.03. The third-order valence-corrected chi connectivity index (χ3v) is 7.09. The Hall–Kier alpha value is -4.07. The van der Waals surface area contributed by atoms with Gasteiger partial charge >= 0.3 is 0 Å². The van der Waals surface area contributed by atoms with Crippen LogP contribution in [0.2, 0.25) is 0 Å². The minimum atomic E-state index is -0.275. The molecule has 2 aliphatic heterocycles. The monoisotopic (exact) mass is 454 g/mol. The maximum Gasteiger partial charge on any atom is 0.257 e. The zero-order valence-electron chi connectivity index (χ0n) is 19.4. The Labute approximate surface area is 197 Å². The molecule has 6 rings (SSSR count). The summed E-state index contributed by atoms with van der Waals surface area (Å²) < 4.78 is 3.81. The van der Waals surface area contributed by atoms with Crippen LogP contribution in [0.25, 0.3) is 10.9 Å². The molecule has 2 aliphatic rings. The summed E-state index contributed by atoms with van der Waals surface area (Å²) in [6.45, 7) is 2.73. The number of nitrogens with zero attached hydrogens (tertiary/aromatic N) is 5. The highest BCUT2D eigenvalue weighted by atomic mass is 16.2. The second kappa shape index (κ2) is 7.48. The van der Waals surface area contributed by atoms with Crippen LogP contribution in [-0.2, 0) is 24.8 Å². The van der Waals surface area contributed by atoms with Gasteiger partial charge in [0.15, 0.2) is 5.82 Å². The lowest BCUT2D eigenvalue weighted by molar-refractivity contribution is -0.116. The Bertz CT molecular complexity index is 1450. The number of carbonyl (C=O) groups is 2. The van der Waals surface area contributed by atoms with Crippen LogP contribution < -0.4 is 10.2 Å². The van der Waals surface area contributed by atoms with Crippen molar-refractivity contribution in [1.29, 1.82) is 0 Å². The second-order valence-corrected chi connectivity index (χ2v) is 9.06. The molecule has 2 aromatic carbocycles. The van der Waals surface area contributed by atoms with Gasteiger partial charge in [-0.05, 0) is 37.1 Å². The molecule has 0 unspecified atom stereocenters. The Morgan fingerprint density at radius 2 is 1.88 bits per heavy atom. The lowest BCUT2D eigenvalue weighted by Crippen LogP contribution is -2.51. The van der Waals surface area contributed by atoms with Crippen molar-refractivity contribution in [3.63, 3.8) is 0 Å². The van der Waals surface area contributed by atoms with Crippen LogP contribution in [0.3, 0.4) is 0 Å². The number of aromatic nitrogens is 3. The van der Waals surface area contributed by atoms with Gasteiger partial charge in [-0.2, -0.15) is 5.10 Å². The standard InChI is InChI=1S/C26H26N6O2/c1-16-14-22(28-30(16)3)27-23(33)15-32-21-11-7-4-8-17(21)18-12-13-31-25(24(18)32)29(2)20-10-6-5-9-19(20)26(31)34/h4-11,14,25H,12-13,15H2,1-3H3,(H,27,28,33)/t25-/m1/s1. The van der Waals surface area contributed by atoms with Crippen molar-refractivity contribution < 1.29 is 9.59 Å². The number of aryl methyl sites for hydroxylation is 2. The number of carbonyl (C=O) groups excluding carboxylic acids is 2. The lowest BCUT2D eigenvalue weighted by atomic mass is 9.96. The fourth-order valence-corrected chi connectivity index (χ4v) is 5.43. The van der Waals surface area contributed by atoms with Gasteiger partial charge in [-0.15, -0.1) is 0 Å². The Kier molecular flexibility index (Phi) is 4.52. The van der Waals surface area contributed by atoms with Gasteiger partial charge in [-0.25, -0.2) is 0 Å². The molecule has 8 nitrogen and oxygen atoms in total. The van der Waals surface area contributed by atoms with Crippen molar-refractivity contribution in [3.05, 3.63) is 77.1 Å². The van der Waals surface area contributed by atoms with E-state index < -0.39 is 0 Å². The molecule has 0 saturated carbocycles. The highest BCUT2D eigenvalue weighted by Gasteiger charge is 2.42. The van der Waals surface area contributed by atoms with Crippen LogP contribution in [-0.4, -0.2) is 44.7 Å². The van der Waals surface area contributed by atoms with E-state index in [2.05, 4.69) is 32.0 Å². The number of para-hydroxylation sites is 2. The second-order valence-electron chi connectivity index (χ2n) is 9.06. The van der Waals surface area contributed by atoms with Crippen LogP contribution in [0.4, 0.5) is 11.5 Å². The number of hydrogen-bond donors (Lipinski definition) is 1. The number of benzene rings is 2. The molecule has 4 aromatic rings. The first kappa shape index (κ1) is 20.5. The van der Waals surface area contributed by atoms with Gasteiger partial charge in [0.05, 0.1) is 16.9 Å². The molecule has 2 amide bonds. The number of hydrogen-bond acceptors (Lipinski definition) is 4. The molecule has 0 spiro atoms. The van der Waals surface area contributed by atoms with Gasteiger partial charge in [0, 0.05) is 43.3 Å². The van der Waals surface area contributed by atoms with Gasteiger partial charge in [0.2, 0.25) is 5.91 Å². The minimum absolute atomic E-state index is 0.0366. The van der Waals surface area contributed by atoms with E-state index in [4.69, 9.17) is 0 Å². The molecular formula is C26H26N6O2. The molecule has 0 radical (unpaired) electrons. The van der Waals surface area contributed by atoms with E-state index in [9.17, 15) is 9.59 Å². The maximum absolute atomic E-state index is 13.4. The van der Waals surface area contributed by atoms with Gasteiger partial charge in [-0.3, -0.25) is 14.3 Å². The Balaban J connectivity index is 1.46. The van der Waals surface area contributed by atoms with Crippen LogP contribution in [0.5, 0.6) is 0 Å². The van der Waals surface area contributed by atoms with Crippen molar-refractivity contribution >= 4 is 34.2 Å². The zero-order valence-corrected chi connectivity index (χ0v) is 19.4. The predicted octanol–water partition coefficient (Wildman–Crippen LogP) is 3.47. The number of amides is 2. The molecule has 0 aliphatic carbocycles. The van der Waals surface area contributed by atoms with Crippen LogP contribution >= 0.6 is 0 Å². The normalized spacial score (nSPS) is 16.9. The quantitative estimate of drug-likeness (QED) is 0.514. The summed E-state index contributed by atoms with van der Waals surface area (Å²) in [4.78, 5) is 30.7. The van der Waals surface area contributed by atoms with Gasteiger partial charge in [0.1, 0.15) is 12.7 Å². The Morgan fingerprint density at radius 3 is 2.68 bits per heavy atom. The molecule has 0 fully saturated rings. The van der Waals surface area contributed by atoms with Crippen LogP contribution in [0.15, 0.2) is 54.6 Å². The summed E-state index contributed by atoms with van der Waals surface area (Å²) in [5.74, 6) is 0.425. The SMILES string of the molecule is Cc1cc(NC(=O)Cn2c3c(c4ccccc42)CCN2C(=O)c4ccccc4N(C)[C@@H]32)nn1C. The molecule has 4 heterocycles. The smallest absolute Gasteiger partial charge is 0.257 e. The zero-order chi connectivity index (χ0) is 23.6. The van der Waals surface area contributed by atoms with Crippen LogP contribution in [0.1, 0.15) is 33.5 Å². The number of fused-ring (bicyclic) bond motifs is 6.